The molecule has 1 amide bonds. The zero-order valence-electron chi connectivity index (χ0n) is 43.4. The van der Waals surface area contributed by atoms with E-state index in [4.69, 9.17) is 9.47 Å². The highest BCUT2D eigenvalue weighted by Gasteiger charge is 2.48. The van der Waals surface area contributed by atoms with Gasteiger partial charge in [-0.2, -0.15) is 8.42 Å². The fourth-order valence-electron chi connectivity index (χ4n) is 9.10. The molecule has 1 saturated heterocycles. The highest BCUT2D eigenvalue weighted by atomic mass is 32.3. The Bertz CT molecular complexity index is 1300. The SMILES string of the molecule is CCCCCCCCCCCC/C=C/C(O)C(COC1OC(CO)C(O)C(OS(=O)(=O)O)C1O)NC(=O)CCCCCCCCCCCCCCC/C=C\CCCCCCCCCCCCCC. The Kier molecular flexibility index (Phi) is 43.2. The van der Waals surface area contributed by atoms with Crippen LogP contribution < -0.4 is 5.32 Å². The lowest BCUT2D eigenvalue weighted by molar-refractivity contribution is -0.298. The first-order chi connectivity index (χ1) is 33.0. The number of aliphatic hydroxyl groups excluding tert-OH is 4. The second kappa shape index (κ2) is 45.4. The monoisotopic (exact) mass is 988 g/mol. The third kappa shape index (κ3) is 37.4. The maximum Gasteiger partial charge on any atom is 0.397 e. The Hall–Kier alpha value is -1.42. The van der Waals surface area contributed by atoms with Crippen LogP contribution in [0.5, 0.6) is 0 Å². The summed E-state index contributed by atoms with van der Waals surface area (Å²) < 4.78 is 47.7. The van der Waals surface area contributed by atoms with Crippen LogP contribution in [0.25, 0.3) is 0 Å². The van der Waals surface area contributed by atoms with Gasteiger partial charge >= 0.3 is 10.4 Å². The van der Waals surface area contributed by atoms with E-state index in [1.54, 1.807) is 6.08 Å². The molecule has 1 heterocycles. The third-order valence-electron chi connectivity index (χ3n) is 13.5. The van der Waals surface area contributed by atoms with Gasteiger partial charge in [0.15, 0.2) is 6.29 Å². The molecule has 7 atom stereocenters. The van der Waals surface area contributed by atoms with Crippen LogP contribution in [0.2, 0.25) is 0 Å². The number of amides is 1. The van der Waals surface area contributed by atoms with Crippen LogP contribution >= 0.6 is 0 Å². The molecule has 1 fully saturated rings. The van der Waals surface area contributed by atoms with E-state index in [1.165, 1.54) is 199 Å². The van der Waals surface area contributed by atoms with Crippen molar-refractivity contribution in [3.05, 3.63) is 24.3 Å². The molecule has 6 N–H and O–H groups in total. The second-order valence-electron chi connectivity index (χ2n) is 19.9. The molecule has 0 aromatic carbocycles. The molecular weight excluding hydrogens is 883 g/mol. The molecule has 0 aliphatic carbocycles. The highest BCUT2D eigenvalue weighted by molar-refractivity contribution is 7.80. The van der Waals surface area contributed by atoms with Gasteiger partial charge in [-0.1, -0.05) is 237 Å². The molecule has 68 heavy (non-hydrogen) atoms. The molecule has 0 bridgehead atoms. The summed E-state index contributed by atoms with van der Waals surface area (Å²) in [5.41, 5.74) is 0. The minimum atomic E-state index is -5.09. The fraction of sp³-hybridized carbons (Fsp3) is 0.909. The molecule has 1 aliphatic heterocycles. The average molecular weight is 989 g/mol. The van der Waals surface area contributed by atoms with Gasteiger partial charge in [0.2, 0.25) is 5.91 Å². The molecule has 0 radical (unpaired) electrons. The van der Waals surface area contributed by atoms with Gasteiger partial charge in [0.25, 0.3) is 0 Å². The van der Waals surface area contributed by atoms with Gasteiger partial charge in [0.05, 0.1) is 25.4 Å². The Balaban J connectivity index is 2.28. The van der Waals surface area contributed by atoms with Crippen LogP contribution in [0, 0.1) is 0 Å². The van der Waals surface area contributed by atoms with Crippen LogP contribution in [0.15, 0.2) is 24.3 Å². The maximum absolute atomic E-state index is 13.1. The first-order valence-electron chi connectivity index (χ1n) is 28.2. The molecule has 1 aliphatic rings. The van der Waals surface area contributed by atoms with Crippen molar-refractivity contribution in [2.24, 2.45) is 0 Å². The first kappa shape index (κ1) is 64.6. The van der Waals surface area contributed by atoms with Crippen molar-refractivity contribution in [2.75, 3.05) is 13.2 Å². The zero-order chi connectivity index (χ0) is 49.8. The number of rotatable bonds is 49. The topological polar surface area (TPSA) is 192 Å². The molecule has 7 unspecified atom stereocenters. The summed E-state index contributed by atoms with van der Waals surface area (Å²) in [6.45, 7) is 3.40. The highest BCUT2D eigenvalue weighted by Crippen LogP contribution is 2.26. The quantitative estimate of drug-likeness (QED) is 0.0193. The van der Waals surface area contributed by atoms with Crippen LogP contribution in [-0.4, -0.2) is 95.4 Å². The molecule has 13 heteroatoms. The third-order valence-corrected chi connectivity index (χ3v) is 13.9. The Morgan fingerprint density at radius 1 is 0.574 bits per heavy atom. The first-order valence-corrected chi connectivity index (χ1v) is 29.6. The summed E-state index contributed by atoms with van der Waals surface area (Å²) in [5, 5.41) is 44.8. The van der Waals surface area contributed by atoms with Gasteiger partial charge in [0.1, 0.15) is 24.4 Å². The van der Waals surface area contributed by atoms with E-state index >= 15 is 0 Å². The van der Waals surface area contributed by atoms with Crippen LogP contribution in [0.3, 0.4) is 0 Å². The normalized spacial score (nSPS) is 19.9. The van der Waals surface area contributed by atoms with Crippen LogP contribution in [0.4, 0.5) is 0 Å². The lowest BCUT2D eigenvalue weighted by atomic mass is 9.99. The van der Waals surface area contributed by atoms with Crippen LogP contribution in [-0.2, 0) is 28.9 Å². The Morgan fingerprint density at radius 3 is 1.32 bits per heavy atom. The summed E-state index contributed by atoms with van der Waals surface area (Å²) in [5.74, 6) is -0.261. The van der Waals surface area contributed by atoms with E-state index in [2.05, 4.69) is 35.5 Å². The molecule has 12 nitrogen and oxygen atoms in total. The number of hydrogen-bond acceptors (Lipinski definition) is 10. The van der Waals surface area contributed by atoms with Gasteiger partial charge in [0, 0.05) is 6.42 Å². The summed E-state index contributed by atoms with van der Waals surface area (Å²) in [6.07, 6.45) is 46.7. The number of carbonyl (C=O) groups excluding carboxylic acids is 1. The van der Waals surface area contributed by atoms with E-state index in [0.29, 0.717) is 6.42 Å². The summed E-state index contributed by atoms with van der Waals surface area (Å²) in [6, 6.07) is -0.941. The van der Waals surface area contributed by atoms with E-state index in [9.17, 15) is 38.2 Å². The van der Waals surface area contributed by atoms with E-state index < -0.39 is 59.9 Å². The smallest absolute Gasteiger partial charge is 0.394 e. The number of ether oxygens (including phenoxy) is 2. The molecule has 0 saturated carbocycles. The minimum Gasteiger partial charge on any atom is -0.394 e. The summed E-state index contributed by atoms with van der Waals surface area (Å²) in [7, 11) is -5.09. The van der Waals surface area contributed by atoms with Gasteiger partial charge in [-0.15, -0.1) is 0 Å². The van der Waals surface area contributed by atoms with Gasteiger partial charge in [-0.25, -0.2) is 4.18 Å². The Labute approximate surface area is 416 Å². The van der Waals surface area contributed by atoms with Gasteiger partial charge in [-0.05, 0) is 44.9 Å². The lowest BCUT2D eigenvalue weighted by Crippen LogP contribution is -2.61. The van der Waals surface area contributed by atoms with E-state index in [1.807, 2.05) is 6.08 Å². The van der Waals surface area contributed by atoms with E-state index in [0.717, 1.165) is 38.5 Å². The van der Waals surface area contributed by atoms with E-state index in [-0.39, 0.29) is 18.9 Å². The minimum absolute atomic E-state index is 0.261. The number of unbranched alkanes of at least 4 members (excludes halogenated alkanes) is 35. The lowest BCUT2D eigenvalue weighted by Gasteiger charge is -2.41. The van der Waals surface area contributed by atoms with Crippen molar-refractivity contribution in [1.82, 2.24) is 5.32 Å². The molecule has 0 aromatic heterocycles. The van der Waals surface area contributed by atoms with Crippen molar-refractivity contribution >= 4 is 16.3 Å². The summed E-state index contributed by atoms with van der Waals surface area (Å²) >= 11 is 0. The van der Waals surface area contributed by atoms with Gasteiger partial charge in [-0.3, -0.25) is 9.35 Å². The number of allylic oxidation sites excluding steroid dienone is 3. The zero-order valence-corrected chi connectivity index (χ0v) is 44.3. The Morgan fingerprint density at radius 2 is 0.941 bits per heavy atom. The van der Waals surface area contributed by atoms with Crippen molar-refractivity contribution < 1.29 is 51.8 Å². The summed E-state index contributed by atoms with van der Waals surface area (Å²) in [4.78, 5) is 13.1. The van der Waals surface area contributed by atoms with Gasteiger partial charge < -0.3 is 35.2 Å². The predicted molar refractivity (Wildman–Crippen MR) is 278 cm³/mol. The molecule has 1 rings (SSSR count). The largest absolute Gasteiger partial charge is 0.397 e. The van der Waals surface area contributed by atoms with Crippen LogP contribution in [0.1, 0.15) is 264 Å². The van der Waals surface area contributed by atoms with Crippen molar-refractivity contribution in [2.45, 2.75) is 307 Å². The maximum atomic E-state index is 13.1. The number of carbonyl (C=O) groups is 1. The predicted octanol–water partition coefficient (Wildman–Crippen LogP) is 12.8. The fourth-order valence-corrected chi connectivity index (χ4v) is 9.61. The number of aliphatic hydroxyl groups is 4. The number of nitrogens with one attached hydrogen (secondary N) is 1. The standard InChI is InChI=1S/C55H105NO11S/c1-3-5-7-9-11-13-15-17-18-19-20-21-22-23-24-25-26-27-28-29-30-31-32-33-35-37-39-41-43-45-51(59)56-48(49(58)44-42-40-38-36-34-16-14-12-10-8-6-4-2)47-65-55-53(61)54(67-68(62,63)64)52(60)50(46-57)66-55/h23-24,42,44,48-50,52-55,57-58,60-61H,3-22,25-41,43,45-47H2,1-2H3,(H,56,59)(H,62,63,64)/b24-23-,44-42+. The second-order valence-corrected chi connectivity index (χ2v) is 20.9. The molecule has 402 valence electrons. The average Bonchev–Trinajstić information content (AvgIpc) is 3.31. The number of hydrogen-bond donors (Lipinski definition) is 6. The van der Waals surface area contributed by atoms with Crippen molar-refractivity contribution in [1.29, 1.82) is 0 Å². The molecular formula is C55H105NO11S. The molecule has 0 aromatic rings. The molecule has 0 spiro atoms. The van der Waals surface area contributed by atoms with Crippen molar-refractivity contribution in [3.63, 3.8) is 0 Å². The van der Waals surface area contributed by atoms with Crippen molar-refractivity contribution in [3.8, 4) is 0 Å².